The fraction of sp³-hybridized carbons (Fsp3) is 0.333. The van der Waals surface area contributed by atoms with Gasteiger partial charge in [-0.2, -0.15) is 5.10 Å². The van der Waals surface area contributed by atoms with Gasteiger partial charge in [-0.3, -0.25) is 19.3 Å². The van der Waals surface area contributed by atoms with E-state index in [0.717, 1.165) is 12.8 Å². The van der Waals surface area contributed by atoms with Crippen LogP contribution in [0.4, 0.5) is 17.2 Å². The average Bonchev–Trinajstić information content (AvgIpc) is 3.59. The molecular weight excluding hydrogens is 426 g/mol. The monoisotopic (exact) mass is 451 g/mol. The van der Waals surface area contributed by atoms with Crippen molar-refractivity contribution in [3.8, 4) is 17.1 Å². The molecule has 0 aliphatic heterocycles. The second-order valence-corrected chi connectivity index (χ2v) is 7.60. The summed E-state index contributed by atoms with van der Waals surface area (Å²) in [6, 6.07) is 7.04. The van der Waals surface area contributed by atoms with E-state index in [1.807, 2.05) is 12.1 Å². The Balaban J connectivity index is 1.73. The topological polar surface area (TPSA) is 139 Å². The van der Waals surface area contributed by atoms with Gasteiger partial charge in [0.25, 0.3) is 5.91 Å². The molecule has 0 radical (unpaired) electrons. The minimum Gasteiger partial charge on any atom is -0.494 e. The molecule has 1 aliphatic carbocycles. The van der Waals surface area contributed by atoms with Crippen LogP contribution in [0.5, 0.6) is 5.75 Å². The van der Waals surface area contributed by atoms with Gasteiger partial charge in [0.2, 0.25) is 5.91 Å². The van der Waals surface area contributed by atoms with Gasteiger partial charge in [0.15, 0.2) is 23.1 Å². The summed E-state index contributed by atoms with van der Waals surface area (Å²) in [5.41, 5.74) is 4.42. The van der Waals surface area contributed by atoms with E-state index in [4.69, 9.17) is 4.74 Å². The van der Waals surface area contributed by atoms with Crippen molar-refractivity contribution < 1.29 is 14.3 Å². The molecule has 2 heterocycles. The number of carbonyl (C=O) groups is 2. The summed E-state index contributed by atoms with van der Waals surface area (Å²) in [6.07, 6.45) is 3.32. The number of rotatable bonds is 8. The molecule has 4 rings (SSSR count). The summed E-state index contributed by atoms with van der Waals surface area (Å²) in [4.78, 5) is 29.4. The molecule has 0 saturated heterocycles. The molecule has 2 amide bonds. The molecule has 1 aliphatic rings. The number of nitrogens with one attached hydrogen (secondary N) is 3. The first-order valence-electron chi connectivity index (χ1n) is 10.3. The molecule has 3 N–H and O–H groups in total. The minimum atomic E-state index is -0.408. The van der Waals surface area contributed by atoms with Crippen LogP contribution in [-0.2, 0) is 11.8 Å². The molecule has 33 heavy (non-hydrogen) atoms. The van der Waals surface area contributed by atoms with Gasteiger partial charge >= 0.3 is 0 Å². The number of para-hydroxylation sites is 1. The van der Waals surface area contributed by atoms with Crippen LogP contribution >= 0.6 is 0 Å². The first-order valence-corrected chi connectivity index (χ1v) is 10.3. The smallest absolute Gasteiger partial charge is 0.290 e. The van der Waals surface area contributed by atoms with Gasteiger partial charge in [0.1, 0.15) is 6.33 Å². The van der Waals surface area contributed by atoms with Gasteiger partial charge in [-0.15, -0.1) is 10.2 Å². The quantitative estimate of drug-likeness (QED) is 0.436. The van der Waals surface area contributed by atoms with Gasteiger partial charge in [-0.25, -0.2) is 10.4 Å². The van der Waals surface area contributed by atoms with E-state index in [1.54, 1.807) is 51.4 Å². The van der Waals surface area contributed by atoms with Gasteiger partial charge in [0.05, 0.1) is 24.0 Å². The third-order valence-corrected chi connectivity index (χ3v) is 5.16. The van der Waals surface area contributed by atoms with Gasteiger partial charge in [0, 0.05) is 33.1 Å². The SMILES string of the molecule is CNN(C)C(=O)c1nnc(NC(=O)C2CC2)cc1Nc1cccc(-c2ncn(C)n2)c1OC. The molecule has 0 unspecified atom stereocenters. The molecule has 0 bridgehead atoms. The molecule has 2 aromatic heterocycles. The van der Waals surface area contributed by atoms with E-state index in [2.05, 4.69) is 36.3 Å². The van der Waals surface area contributed by atoms with Crippen molar-refractivity contribution in [1.29, 1.82) is 0 Å². The van der Waals surface area contributed by atoms with E-state index in [1.165, 1.54) is 5.01 Å². The number of ether oxygens (including phenoxy) is 1. The van der Waals surface area contributed by atoms with E-state index in [9.17, 15) is 9.59 Å². The van der Waals surface area contributed by atoms with Crippen LogP contribution in [0, 0.1) is 5.92 Å². The van der Waals surface area contributed by atoms with Crippen LogP contribution in [0.15, 0.2) is 30.6 Å². The third-order valence-electron chi connectivity index (χ3n) is 5.16. The Kier molecular flexibility index (Phi) is 6.18. The zero-order valence-electron chi connectivity index (χ0n) is 18.8. The number of carbonyl (C=O) groups excluding carboxylic acids is 2. The summed E-state index contributed by atoms with van der Waals surface area (Å²) in [5, 5.41) is 19.7. The lowest BCUT2D eigenvalue weighted by Crippen LogP contribution is -2.37. The largest absolute Gasteiger partial charge is 0.494 e. The predicted molar refractivity (Wildman–Crippen MR) is 121 cm³/mol. The van der Waals surface area contributed by atoms with Crippen LogP contribution in [0.25, 0.3) is 11.4 Å². The van der Waals surface area contributed by atoms with Gasteiger partial charge in [-0.05, 0) is 25.0 Å². The average molecular weight is 451 g/mol. The Morgan fingerprint density at radius 1 is 1.21 bits per heavy atom. The number of aryl methyl sites for hydroxylation is 1. The summed E-state index contributed by atoms with van der Waals surface area (Å²) in [5.74, 6) is 0.720. The highest BCUT2D eigenvalue weighted by Gasteiger charge is 2.30. The Morgan fingerprint density at radius 3 is 2.64 bits per heavy atom. The number of hydrogen-bond donors (Lipinski definition) is 3. The molecular formula is C21H25N9O3. The Morgan fingerprint density at radius 2 is 2.00 bits per heavy atom. The maximum absolute atomic E-state index is 12.9. The van der Waals surface area contributed by atoms with Crippen LogP contribution in [-0.4, -0.2) is 63.0 Å². The molecule has 0 spiro atoms. The van der Waals surface area contributed by atoms with Crippen LogP contribution in [0.2, 0.25) is 0 Å². The van der Waals surface area contributed by atoms with E-state index in [-0.39, 0.29) is 23.3 Å². The highest BCUT2D eigenvalue weighted by Crippen LogP contribution is 2.37. The lowest BCUT2D eigenvalue weighted by molar-refractivity contribution is -0.117. The number of hydrogen-bond acceptors (Lipinski definition) is 9. The Hall–Kier alpha value is -4.06. The van der Waals surface area contributed by atoms with Crippen LogP contribution in [0.1, 0.15) is 23.3 Å². The highest BCUT2D eigenvalue weighted by molar-refractivity contribution is 6.00. The zero-order valence-corrected chi connectivity index (χ0v) is 18.8. The lowest BCUT2D eigenvalue weighted by atomic mass is 10.1. The number of aromatic nitrogens is 5. The first kappa shape index (κ1) is 22.1. The molecule has 12 heteroatoms. The minimum absolute atomic E-state index is 0.00240. The molecule has 172 valence electrons. The molecule has 1 fully saturated rings. The standard InChI is InChI=1S/C21H25N9O3/c1-22-30(3)21(32)17-15(10-16(26-27-17)25-20(31)12-8-9-12)24-14-7-5-6-13(18(14)33-4)19-23-11-29(2)28-19/h5-7,10-12,22H,8-9H2,1-4H3,(H2,24,25,26,31). The Bertz CT molecular complexity index is 1190. The van der Waals surface area contributed by atoms with E-state index in [0.29, 0.717) is 28.5 Å². The summed E-state index contributed by atoms with van der Waals surface area (Å²) in [6.45, 7) is 0. The van der Waals surface area contributed by atoms with Crippen molar-refractivity contribution >= 4 is 29.0 Å². The van der Waals surface area contributed by atoms with Crippen molar-refractivity contribution in [3.05, 3.63) is 36.3 Å². The van der Waals surface area contributed by atoms with Crippen LogP contribution < -0.4 is 20.8 Å². The number of nitrogens with zero attached hydrogens (tertiary/aromatic N) is 6. The molecule has 3 aromatic rings. The molecule has 0 atom stereocenters. The van der Waals surface area contributed by atoms with Crippen LogP contribution in [0.3, 0.4) is 0 Å². The van der Waals surface area contributed by atoms with Crippen molar-refractivity contribution in [1.82, 2.24) is 35.4 Å². The first-order chi connectivity index (χ1) is 15.9. The fourth-order valence-corrected chi connectivity index (χ4v) is 3.18. The number of benzene rings is 1. The summed E-state index contributed by atoms with van der Waals surface area (Å²) < 4.78 is 7.25. The lowest BCUT2D eigenvalue weighted by Gasteiger charge is -2.19. The second kappa shape index (κ2) is 9.20. The summed E-state index contributed by atoms with van der Waals surface area (Å²) >= 11 is 0. The molecule has 1 aromatic carbocycles. The number of anilines is 3. The van der Waals surface area contributed by atoms with Crippen molar-refractivity contribution in [3.63, 3.8) is 0 Å². The maximum Gasteiger partial charge on any atom is 0.290 e. The number of hydrazine groups is 1. The van der Waals surface area contributed by atoms with Crippen molar-refractivity contribution in [2.45, 2.75) is 12.8 Å². The highest BCUT2D eigenvalue weighted by atomic mass is 16.5. The number of methoxy groups -OCH3 is 1. The van der Waals surface area contributed by atoms with Crippen molar-refractivity contribution in [2.24, 2.45) is 13.0 Å². The normalized spacial score (nSPS) is 12.8. The second-order valence-electron chi connectivity index (χ2n) is 7.60. The zero-order chi connectivity index (χ0) is 23.5. The molecule has 12 nitrogen and oxygen atoms in total. The molecule has 1 saturated carbocycles. The van der Waals surface area contributed by atoms with E-state index < -0.39 is 5.91 Å². The third kappa shape index (κ3) is 4.75. The van der Waals surface area contributed by atoms with E-state index >= 15 is 0 Å². The maximum atomic E-state index is 12.9. The van der Waals surface area contributed by atoms with Crippen molar-refractivity contribution in [2.75, 3.05) is 31.8 Å². The summed E-state index contributed by atoms with van der Waals surface area (Å²) in [7, 11) is 6.51. The Labute approximate surface area is 190 Å². The van der Waals surface area contributed by atoms with Gasteiger partial charge < -0.3 is 15.4 Å². The fourth-order valence-electron chi connectivity index (χ4n) is 3.18. The number of amides is 2. The predicted octanol–water partition coefficient (Wildman–Crippen LogP) is 1.58. The van der Waals surface area contributed by atoms with Gasteiger partial charge in [-0.1, -0.05) is 6.07 Å².